The van der Waals surface area contributed by atoms with E-state index in [1.807, 2.05) is 6.08 Å². The molecule has 0 aliphatic carbocycles. The van der Waals surface area contributed by atoms with E-state index in [1.54, 1.807) is 0 Å². The Morgan fingerprint density at radius 2 is 1.84 bits per heavy atom. The van der Waals surface area contributed by atoms with Crippen molar-refractivity contribution in [2.24, 2.45) is 0 Å². The normalized spacial score (nSPS) is 11.8. The molecule has 1 N–H and O–H groups in total. The van der Waals surface area contributed by atoms with Crippen LogP contribution < -0.4 is 5.32 Å². The maximum atomic E-state index is 3.83. The van der Waals surface area contributed by atoms with E-state index in [0.29, 0.717) is 0 Å². The number of likely N-dealkylation sites (N-methyl/N-ethyl adjacent to an activating group) is 1. The fourth-order valence-electron chi connectivity index (χ4n) is 1.97. The Bertz CT molecular complexity index is 390. The van der Waals surface area contributed by atoms with Crippen LogP contribution in [0.3, 0.4) is 0 Å². The summed E-state index contributed by atoms with van der Waals surface area (Å²) in [7, 11) is 0. The second-order valence-corrected chi connectivity index (χ2v) is 5.99. The average Bonchev–Trinajstić information content (AvgIpc) is 2.36. The van der Waals surface area contributed by atoms with E-state index in [0.717, 1.165) is 26.2 Å². The van der Waals surface area contributed by atoms with E-state index in [2.05, 4.69) is 68.8 Å². The Morgan fingerprint density at radius 1 is 1.21 bits per heavy atom. The SMILES string of the molecule is C=CCN(CC)Cc1ccccc1CNC(C)(C)C. The number of rotatable bonds is 7. The van der Waals surface area contributed by atoms with E-state index in [9.17, 15) is 0 Å². The number of hydrogen-bond donors (Lipinski definition) is 1. The van der Waals surface area contributed by atoms with Gasteiger partial charge in [-0.2, -0.15) is 0 Å². The van der Waals surface area contributed by atoms with Crippen LogP contribution in [0, 0.1) is 0 Å². The fourth-order valence-corrected chi connectivity index (χ4v) is 1.97. The van der Waals surface area contributed by atoms with Gasteiger partial charge in [-0.15, -0.1) is 6.58 Å². The molecule has 1 aromatic carbocycles. The number of nitrogens with one attached hydrogen (secondary N) is 1. The third kappa shape index (κ3) is 6.04. The Morgan fingerprint density at radius 3 is 2.37 bits per heavy atom. The summed E-state index contributed by atoms with van der Waals surface area (Å²) in [6.07, 6.45) is 1.97. The second-order valence-electron chi connectivity index (χ2n) is 5.99. The number of hydrogen-bond acceptors (Lipinski definition) is 2. The molecule has 0 fully saturated rings. The van der Waals surface area contributed by atoms with Crippen LogP contribution in [-0.2, 0) is 13.1 Å². The van der Waals surface area contributed by atoms with E-state index < -0.39 is 0 Å². The van der Waals surface area contributed by atoms with Crippen molar-refractivity contribution in [1.29, 1.82) is 0 Å². The fraction of sp³-hybridized carbons (Fsp3) is 0.529. The molecule has 1 rings (SSSR count). The Balaban J connectivity index is 2.74. The first-order valence-corrected chi connectivity index (χ1v) is 7.11. The van der Waals surface area contributed by atoms with Crippen molar-refractivity contribution in [2.75, 3.05) is 13.1 Å². The van der Waals surface area contributed by atoms with Crippen molar-refractivity contribution in [1.82, 2.24) is 10.2 Å². The molecule has 0 bridgehead atoms. The van der Waals surface area contributed by atoms with Gasteiger partial charge in [0.15, 0.2) is 0 Å². The smallest absolute Gasteiger partial charge is 0.0240 e. The van der Waals surface area contributed by atoms with Crippen LogP contribution in [0.2, 0.25) is 0 Å². The third-order valence-electron chi connectivity index (χ3n) is 3.16. The molecule has 2 heteroatoms. The van der Waals surface area contributed by atoms with Gasteiger partial charge >= 0.3 is 0 Å². The highest BCUT2D eigenvalue weighted by Crippen LogP contribution is 2.13. The van der Waals surface area contributed by atoms with Gasteiger partial charge < -0.3 is 5.32 Å². The predicted molar refractivity (Wildman–Crippen MR) is 84.2 cm³/mol. The van der Waals surface area contributed by atoms with Gasteiger partial charge in [-0.05, 0) is 38.4 Å². The molecule has 0 saturated carbocycles. The molecule has 0 radical (unpaired) electrons. The minimum Gasteiger partial charge on any atom is -0.308 e. The molecule has 0 amide bonds. The second kappa shape index (κ2) is 7.46. The van der Waals surface area contributed by atoms with Crippen molar-refractivity contribution < 1.29 is 0 Å². The quantitative estimate of drug-likeness (QED) is 0.754. The van der Waals surface area contributed by atoms with Gasteiger partial charge in [-0.25, -0.2) is 0 Å². The highest BCUT2D eigenvalue weighted by atomic mass is 15.1. The van der Waals surface area contributed by atoms with E-state index in [1.165, 1.54) is 11.1 Å². The average molecular weight is 260 g/mol. The predicted octanol–water partition coefficient (Wildman–Crippen LogP) is 3.58. The summed E-state index contributed by atoms with van der Waals surface area (Å²) in [5.74, 6) is 0. The van der Waals surface area contributed by atoms with Gasteiger partial charge in [0.25, 0.3) is 0 Å². The summed E-state index contributed by atoms with van der Waals surface area (Å²) in [6.45, 7) is 16.5. The molecule has 0 aromatic heterocycles. The summed E-state index contributed by atoms with van der Waals surface area (Å²) in [5, 5.41) is 3.56. The molecule has 0 heterocycles. The van der Waals surface area contributed by atoms with Crippen molar-refractivity contribution in [3.63, 3.8) is 0 Å². The van der Waals surface area contributed by atoms with E-state index in [4.69, 9.17) is 0 Å². The van der Waals surface area contributed by atoms with Gasteiger partial charge in [0.1, 0.15) is 0 Å². The maximum Gasteiger partial charge on any atom is 0.0240 e. The maximum absolute atomic E-state index is 3.83. The van der Waals surface area contributed by atoms with Crippen molar-refractivity contribution in [2.45, 2.75) is 46.3 Å². The summed E-state index contributed by atoms with van der Waals surface area (Å²) in [6, 6.07) is 8.69. The highest BCUT2D eigenvalue weighted by molar-refractivity contribution is 5.27. The van der Waals surface area contributed by atoms with Crippen LogP contribution in [0.25, 0.3) is 0 Å². The largest absolute Gasteiger partial charge is 0.308 e. The van der Waals surface area contributed by atoms with Gasteiger partial charge in [0.05, 0.1) is 0 Å². The standard InChI is InChI=1S/C17H28N2/c1-6-12-19(7-2)14-16-11-9-8-10-15(16)13-18-17(3,4)5/h6,8-11,18H,1,7,12-14H2,2-5H3. The molecule has 0 atom stereocenters. The van der Waals surface area contributed by atoms with Crippen LogP contribution in [0.4, 0.5) is 0 Å². The Labute approximate surface area is 118 Å². The number of nitrogens with zero attached hydrogens (tertiary/aromatic N) is 1. The molecule has 0 saturated heterocycles. The minimum atomic E-state index is 0.151. The lowest BCUT2D eigenvalue weighted by Gasteiger charge is -2.24. The van der Waals surface area contributed by atoms with Crippen LogP contribution in [0.1, 0.15) is 38.8 Å². The Kier molecular flexibility index (Phi) is 6.26. The summed E-state index contributed by atoms with van der Waals surface area (Å²) < 4.78 is 0. The first kappa shape index (κ1) is 15.9. The number of benzene rings is 1. The monoisotopic (exact) mass is 260 g/mol. The lowest BCUT2D eigenvalue weighted by Crippen LogP contribution is -2.35. The zero-order valence-corrected chi connectivity index (χ0v) is 12.9. The van der Waals surface area contributed by atoms with Gasteiger partial charge in [0, 0.05) is 25.2 Å². The third-order valence-corrected chi connectivity index (χ3v) is 3.16. The van der Waals surface area contributed by atoms with Crippen LogP contribution in [0.5, 0.6) is 0 Å². The zero-order valence-electron chi connectivity index (χ0n) is 12.9. The summed E-state index contributed by atoms with van der Waals surface area (Å²) >= 11 is 0. The van der Waals surface area contributed by atoms with Crippen molar-refractivity contribution in [3.05, 3.63) is 48.0 Å². The molecule has 0 aliphatic heterocycles. The van der Waals surface area contributed by atoms with Crippen LogP contribution in [0.15, 0.2) is 36.9 Å². The zero-order chi connectivity index (χ0) is 14.3. The first-order chi connectivity index (χ1) is 8.96. The first-order valence-electron chi connectivity index (χ1n) is 7.11. The molecule has 0 spiro atoms. The molecule has 1 aromatic rings. The topological polar surface area (TPSA) is 15.3 Å². The molecular weight excluding hydrogens is 232 g/mol. The van der Waals surface area contributed by atoms with Crippen LogP contribution >= 0.6 is 0 Å². The molecule has 106 valence electrons. The van der Waals surface area contributed by atoms with Gasteiger partial charge in [-0.1, -0.05) is 37.3 Å². The highest BCUT2D eigenvalue weighted by Gasteiger charge is 2.11. The molecule has 0 aliphatic rings. The summed E-state index contributed by atoms with van der Waals surface area (Å²) in [4.78, 5) is 2.39. The molecule has 0 unspecified atom stereocenters. The molecule has 19 heavy (non-hydrogen) atoms. The van der Waals surface area contributed by atoms with Gasteiger partial charge in [-0.3, -0.25) is 4.90 Å². The van der Waals surface area contributed by atoms with E-state index in [-0.39, 0.29) is 5.54 Å². The van der Waals surface area contributed by atoms with Crippen molar-refractivity contribution >= 4 is 0 Å². The molecular formula is C17H28N2. The van der Waals surface area contributed by atoms with E-state index >= 15 is 0 Å². The lowest BCUT2D eigenvalue weighted by molar-refractivity contribution is 0.309. The molecule has 2 nitrogen and oxygen atoms in total. The Hall–Kier alpha value is -1.12. The minimum absolute atomic E-state index is 0.151. The summed E-state index contributed by atoms with van der Waals surface area (Å²) in [5.41, 5.74) is 2.95. The van der Waals surface area contributed by atoms with Crippen molar-refractivity contribution in [3.8, 4) is 0 Å². The van der Waals surface area contributed by atoms with Crippen LogP contribution in [-0.4, -0.2) is 23.5 Å². The lowest BCUT2D eigenvalue weighted by atomic mass is 10.0. The van der Waals surface area contributed by atoms with Gasteiger partial charge in [0.2, 0.25) is 0 Å².